The lowest BCUT2D eigenvalue weighted by Crippen LogP contribution is -2.43. The third kappa shape index (κ3) is 3.65. The Bertz CT molecular complexity index is 600. The van der Waals surface area contributed by atoms with E-state index in [4.69, 9.17) is 5.73 Å². The van der Waals surface area contributed by atoms with Crippen LogP contribution in [0.1, 0.15) is 0 Å². The summed E-state index contributed by atoms with van der Waals surface area (Å²) >= 11 is 0. The summed E-state index contributed by atoms with van der Waals surface area (Å²) in [5.41, 5.74) is 4.92. The van der Waals surface area contributed by atoms with Gasteiger partial charge in [0.2, 0.25) is 5.96 Å². The molecule has 0 aromatic heterocycles. The second-order valence-corrected chi connectivity index (χ2v) is 3.49. The first-order chi connectivity index (χ1) is 9.92. The molecule has 0 radical (unpaired) electrons. The number of para-hydroxylation sites is 2. The second kappa shape index (κ2) is 6.84. The van der Waals surface area contributed by atoms with E-state index in [0.29, 0.717) is 4.90 Å². The zero-order chi connectivity index (χ0) is 16.0. The van der Waals surface area contributed by atoms with E-state index in [1.54, 1.807) is 0 Å². The Kier molecular flexibility index (Phi) is 5.17. The zero-order valence-corrected chi connectivity index (χ0v) is 11.2. The van der Waals surface area contributed by atoms with Crippen molar-refractivity contribution < 1.29 is 24.0 Å². The fourth-order valence-electron chi connectivity index (χ4n) is 1.40. The fraction of sp³-hybridized carbons (Fsp3) is 0.182. The molecule has 0 aliphatic rings. The number of ether oxygens (including phenoxy) is 2. The van der Waals surface area contributed by atoms with Crippen LogP contribution in [0.3, 0.4) is 0 Å². The third-order valence-corrected chi connectivity index (χ3v) is 2.29. The van der Waals surface area contributed by atoms with Gasteiger partial charge in [-0.15, -0.1) is 4.99 Å². The predicted octanol–water partition coefficient (Wildman–Crippen LogP) is 1.25. The number of nitrogens with two attached hydrogens (primary N) is 1. The lowest BCUT2D eigenvalue weighted by Gasteiger charge is -2.19. The number of amides is 2. The maximum atomic E-state index is 11.8. The van der Waals surface area contributed by atoms with Crippen molar-refractivity contribution in [3.05, 3.63) is 34.4 Å². The van der Waals surface area contributed by atoms with E-state index in [1.165, 1.54) is 18.2 Å². The minimum Gasteiger partial charge on any atom is -0.452 e. The van der Waals surface area contributed by atoms with Gasteiger partial charge in [-0.25, -0.2) is 14.5 Å². The number of nitro benzene ring substituents is 1. The average molecular weight is 296 g/mol. The quantitative estimate of drug-likeness (QED) is 0.375. The highest BCUT2D eigenvalue weighted by Crippen LogP contribution is 2.28. The minimum absolute atomic E-state index is 0.195. The summed E-state index contributed by atoms with van der Waals surface area (Å²) in [6.45, 7) is 0. The monoisotopic (exact) mass is 296 g/mol. The van der Waals surface area contributed by atoms with Crippen molar-refractivity contribution in [2.45, 2.75) is 0 Å². The van der Waals surface area contributed by atoms with Gasteiger partial charge in [-0.2, -0.15) is 0 Å². The molecule has 1 rings (SSSR count). The molecule has 0 spiro atoms. The normalized spacial score (nSPS) is 10.7. The summed E-state index contributed by atoms with van der Waals surface area (Å²) in [5.74, 6) is -0.622. The molecule has 0 saturated heterocycles. The number of hydrogen-bond acceptors (Lipinski definition) is 6. The van der Waals surface area contributed by atoms with Crippen LogP contribution in [-0.4, -0.2) is 37.3 Å². The predicted molar refractivity (Wildman–Crippen MR) is 72.0 cm³/mol. The number of anilines is 1. The number of nitro groups is 1. The first kappa shape index (κ1) is 15.9. The van der Waals surface area contributed by atoms with Crippen LogP contribution in [-0.2, 0) is 9.47 Å². The van der Waals surface area contributed by atoms with Gasteiger partial charge in [0, 0.05) is 6.07 Å². The molecule has 0 heterocycles. The van der Waals surface area contributed by atoms with Gasteiger partial charge in [0.25, 0.3) is 5.69 Å². The summed E-state index contributed by atoms with van der Waals surface area (Å²) in [6, 6.07) is 5.28. The molecule has 0 bridgehead atoms. The Morgan fingerprint density at radius 3 is 2.43 bits per heavy atom. The number of carbonyl (C=O) groups is 2. The molecule has 2 N–H and O–H groups in total. The maximum Gasteiger partial charge on any atom is 0.436 e. The van der Waals surface area contributed by atoms with Gasteiger partial charge >= 0.3 is 12.2 Å². The van der Waals surface area contributed by atoms with E-state index in [2.05, 4.69) is 14.5 Å². The number of rotatable bonds is 2. The lowest BCUT2D eigenvalue weighted by molar-refractivity contribution is -0.384. The maximum absolute atomic E-state index is 11.8. The molecule has 1 aromatic carbocycles. The molecule has 0 atom stereocenters. The van der Waals surface area contributed by atoms with Crippen molar-refractivity contribution >= 4 is 29.5 Å². The summed E-state index contributed by atoms with van der Waals surface area (Å²) in [5, 5.41) is 11.0. The van der Waals surface area contributed by atoms with E-state index < -0.39 is 28.8 Å². The molecule has 1 aromatic rings. The Hall–Kier alpha value is -3.17. The molecule has 10 nitrogen and oxygen atoms in total. The summed E-state index contributed by atoms with van der Waals surface area (Å²) in [6.07, 6.45) is -2.12. The van der Waals surface area contributed by atoms with Crippen LogP contribution >= 0.6 is 0 Å². The van der Waals surface area contributed by atoms with Gasteiger partial charge in [-0.05, 0) is 6.07 Å². The van der Waals surface area contributed by atoms with Crippen molar-refractivity contribution in [1.29, 1.82) is 0 Å². The highest BCUT2D eigenvalue weighted by Gasteiger charge is 2.28. The van der Waals surface area contributed by atoms with Crippen molar-refractivity contribution in [2.24, 2.45) is 10.7 Å². The molecule has 10 heteroatoms. The van der Waals surface area contributed by atoms with Crippen LogP contribution in [0.5, 0.6) is 0 Å². The van der Waals surface area contributed by atoms with E-state index in [9.17, 15) is 19.7 Å². The van der Waals surface area contributed by atoms with Gasteiger partial charge in [0.05, 0.1) is 19.1 Å². The largest absolute Gasteiger partial charge is 0.452 e. The Balaban J connectivity index is 3.40. The molecular formula is C11H12N4O6. The minimum atomic E-state index is -1.07. The number of aliphatic imine (C=N–C) groups is 1. The van der Waals surface area contributed by atoms with E-state index in [1.807, 2.05) is 0 Å². The van der Waals surface area contributed by atoms with Gasteiger partial charge < -0.3 is 15.2 Å². The van der Waals surface area contributed by atoms with Crippen molar-refractivity contribution in [1.82, 2.24) is 0 Å². The van der Waals surface area contributed by atoms with Crippen LogP contribution in [0.25, 0.3) is 0 Å². The smallest absolute Gasteiger partial charge is 0.436 e. The Morgan fingerprint density at radius 2 is 1.90 bits per heavy atom. The molecule has 0 saturated carbocycles. The molecule has 2 amide bonds. The number of benzene rings is 1. The van der Waals surface area contributed by atoms with Gasteiger partial charge in [-0.3, -0.25) is 10.1 Å². The Labute approximate surface area is 118 Å². The van der Waals surface area contributed by atoms with Gasteiger partial charge in [-0.1, -0.05) is 12.1 Å². The number of guanidine groups is 1. The summed E-state index contributed by atoms with van der Waals surface area (Å²) < 4.78 is 8.77. The average Bonchev–Trinajstić information content (AvgIpc) is 2.47. The highest BCUT2D eigenvalue weighted by molar-refractivity contribution is 6.16. The van der Waals surface area contributed by atoms with Crippen LogP contribution in [0.15, 0.2) is 29.3 Å². The molecule has 0 fully saturated rings. The van der Waals surface area contributed by atoms with Crippen molar-refractivity contribution in [3.63, 3.8) is 0 Å². The SMILES string of the molecule is COC(=O)/N=C(\N)N(C(=O)OC)c1ccccc1[N+](=O)[O-]. The molecule has 0 aliphatic heterocycles. The standard InChI is InChI=1S/C11H12N4O6/c1-20-10(16)13-9(12)14(11(17)21-2)7-5-3-4-6-8(7)15(18)19/h3-6H,1-2H3,(H2,12,13,16). The second-order valence-electron chi connectivity index (χ2n) is 3.49. The van der Waals surface area contributed by atoms with Crippen LogP contribution in [0, 0.1) is 10.1 Å². The van der Waals surface area contributed by atoms with E-state index >= 15 is 0 Å². The Morgan fingerprint density at radius 1 is 1.29 bits per heavy atom. The summed E-state index contributed by atoms with van der Waals surface area (Å²) in [4.78, 5) is 37.0. The fourth-order valence-corrected chi connectivity index (χ4v) is 1.40. The van der Waals surface area contributed by atoms with Gasteiger partial charge in [0.15, 0.2) is 0 Å². The molecule has 21 heavy (non-hydrogen) atoms. The highest BCUT2D eigenvalue weighted by atomic mass is 16.6. The van der Waals surface area contributed by atoms with Crippen LogP contribution in [0.4, 0.5) is 21.0 Å². The number of hydrogen-bond donors (Lipinski definition) is 1. The zero-order valence-electron chi connectivity index (χ0n) is 11.2. The lowest BCUT2D eigenvalue weighted by atomic mass is 10.2. The topological polar surface area (TPSA) is 137 Å². The van der Waals surface area contributed by atoms with Crippen molar-refractivity contribution in [2.75, 3.05) is 19.1 Å². The molecular weight excluding hydrogens is 284 g/mol. The van der Waals surface area contributed by atoms with Gasteiger partial charge in [0.1, 0.15) is 5.69 Å². The van der Waals surface area contributed by atoms with E-state index in [-0.39, 0.29) is 5.69 Å². The van der Waals surface area contributed by atoms with Crippen molar-refractivity contribution in [3.8, 4) is 0 Å². The van der Waals surface area contributed by atoms with E-state index in [0.717, 1.165) is 20.3 Å². The third-order valence-electron chi connectivity index (χ3n) is 2.29. The first-order valence-corrected chi connectivity index (χ1v) is 5.46. The molecule has 0 aliphatic carbocycles. The van der Waals surface area contributed by atoms with Crippen LogP contribution < -0.4 is 10.6 Å². The van der Waals surface area contributed by atoms with Crippen LogP contribution in [0.2, 0.25) is 0 Å². The molecule has 112 valence electrons. The summed E-state index contributed by atoms with van der Waals surface area (Å²) in [7, 11) is 2.11. The number of nitrogens with zero attached hydrogens (tertiary/aromatic N) is 3. The first-order valence-electron chi connectivity index (χ1n) is 5.46. The number of methoxy groups -OCH3 is 2. The molecule has 0 unspecified atom stereocenters. The number of carbonyl (C=O) groups excluding carboxylic acids is 2.